The summed E-state index contributed by atoms with van der Waals surface area (Å²) in [6.45, 7) is 4.30. The van der Waals surface area contributed by atoms with Gasteiger partial charge in [0.05, 0.1) is 30.6 Å². The Labute approximate surface area is 180 Å². The number of hydrogen-bond donors (Lipinski definition) is 0. The topological polar surface area (TPSA) is 84.5 Å². The Morgan fingerprint density at radius 1 is 1.13 bits per heavy atom. The van der Waals surface area contributed by atoms with Crippen LogP contribution in [0.3, 0.4) is 0 Å². The van der Waals surface area contributed by atoms with Crippen LogP contribution >= 0.6 is 0 Å². The van der Waals surface area contributed by atoms with Gasteiger partial charge >= 0.3 is 0 Å². The Kier molecular flexibility index (Phi) is 5.05. The molecule has 3 aromatic rings. The van der Waals surface area contributed by atoms with Crippen LogP contribution < -0.4 is 0 Å². The van der Waals surface area contributed by atoms with E-state index >= 15 is 0 Å². The van der Waals surface area contributed by atoms with Crippen molar-refractivity contribution in [2.24, 2.45) is 0 Å². The van der Waals surface area contributed by atoms with Crippen LogP contribution in [0.2, 0.25) is 0 Å². The molecule has 1 aromatic carbocycles. The second-order valence-corrected chi connectivity index (χ2v) is 8.26. The maximum Gasteiger partial charge on any atom is 0.276 e. The van der Waals surface area contributed by atoms with E-state index in [9.17, 15) is 9.59 Å². The highest BCUT2D eigenvalue weighted by Gasteiger charge is 2.32. The molecule has 1 unspecified atom stereocenters. The monoisotopic (exact) mass is 419 g/mol. The molecule has 2 aliphatic rings. The fraction of sp³-hybridized carbons (Fsp3) is 0.391. The highest BCUT2D eigenvalue weighted by molar-refractivity contribution is 5.95. The number of carbonyl (C=O) groups excluding carboxylic acids is 2. The van der Waals surface area contributed by atoms with Crippen molar-refractivity contribution < 1.29 is 14.0 Å². The molecule has 2 aromatic heterocycles. The van der Waals surface area contributed by atoms with Crippen LogP contribution in [0.1, 0.15) is 50.6 Å². The van der Waals surface area contributed by atoms with Crippen LogP contribution in [-0.2, 0) is 19.5 Å². The average Bonchev–Trinajstić information content (AvgIpc) is 3.54. The van der Waals surface area contributed by atoms with E-state index in [1.54, 1.807) is 30.1 Å². The van der Waals surface area contributed by atoms with E-state index in [2.05, 4.69) is 22.4 Å². The van der Waals surface area contributed by atoms with E-state index in [1.807, 2.05) is 21.9 Å². The van der Waals surface area contributed by atoms with E-state index < -0.39 is 0 Å². The van der Waals surface area contributed by atoms with Crippen LogP contribution in [0.4, 0.5) is 0 Å². The molecule has 5 rings (SSSR count). The molecule has 8 heteroatoms. The van der Waals surface area contributed by atoms with Crippen molar-refractivity contribution in [3.63, 3.8) is 0 Å². The van der Waals surface area contributed by atoms with Gasteiger partial charge in [0.15, 0.2) is 5.69 Å². The average molecular weight is 419 g/mol. The molecule has 1 fully saturated rings. The number of fused-ring (bicyclic) bond motifs is 1. The summed E-state index contributed by atoms with van der Waals surface area (Å²) in [7, 11) is 0. The fourth-order valence-electron chi connectivity index (χ4n) is 4.59. The number of nitrogens with zero attached hydrogens (tertiary/aromatic N) is 5. The number of furan rings is 1. The van der Waals surface area contributed by atoms with Gasteiger partial charge in [-0.1, -0.05) is 29.5 Å². The maximum absolute atomic E-state index is 13.0. The maximum atomic E-state index is 13.0. The summed E-state index contributed by atoms with van der Waals surface area (Å²) in [6.07, 6.45) is 5.94. The number of aromatic nitrogens is 3. The first kappa shape index (κ1) is 19.5. The molecule has 0 bridgehead atoms. The summed E-state index contributed by atoms with van der Waals surface area (Å²) in [6, 6.07) is 9.96. The van der Waals surface area contributed by atoms with Crippen molar-refractivity contribution in [1.29, 1.82) is 0 Å². The van der Waals surface area contributed by atoms with E-state index in [0.29, 0.717) is 43.2 Å². The first-order valence-corrected chi connectivity index (χ1v) is 10.7. The molecular weight excluding hydrogens is 394 g/mol. The van der Waals surface area contributed by atoms with Crippen LogP contribution in [0.5, 0.6) is 0 Å². The molecule has 1 saturated heterocycles. The normalized spacial score (nSPS) is 18.3. The van der Waals surface area contributed by atoms with E-state index in [4.69, 9.17) is 4.42 Å². The number of aryl methyl sites for hydroxylation is 1. The smallest absolute Gasteiger partial charge is 0.276 e. The largest absolute Gasteiger partial charge is 0.469 e. The predicted molar refractivity (Wildman–Crippen MR) is 112 cm³/mol. The summed E-state index contributed by atoms with van der Waals surface area (Å²) in [5.74, 6) is 0.513. The highest BCUT2D eigenvalue weighted by Crippen LogP contribution is 2.24. The molecule has 2 aliphatic heterocycles. The predicted octanol–water partition coefficient (Wildman–Crippen LogP) is 2.68. The van der Waals surface area contributed by atoms with Gasteiger partial charge in [0.25, 0.3) is 11.8 Å². The van der Waals surface area contributed by atoms with Crippen molar-refractivity contribution in [3.05, 3.63) is 70.9 Å². The molecule has 31 heavy (non-hydrogen) atoms. The zero-order valence-corrected chi connectivity index (χ0v) is 17.5. The van der Waals surface area contributed by atoms with Crippen LogP contribution in [0.15, 0.2) is 47.2 Å². The highest BCUT2D eigenvalue weighted by atomic mass is 16.3. The van der Waals surface area contributed by atoms with Crippen molar-refractivity contribution in [1.82, 2.24) is 24.8 Å². The third-order valence-electron chi connectivity index (χ3n) is 6.30. The third kappa shape index (κ3) is 3.73. The van der Waals surface area contributed by atoms with Crippen LogP contribution in [-0.4, -0.2) is 55.7 Å². The number of rotatable bonds is 4. The summed E-state index contributed by atoms with van der Waals surface area (Å²) in [5, 5.41) is 8.30. The van der Waals surface area contributed by atoms with E-state index in [-0.39, 0.29) is 17.9 Å². The summed E-state index contributed by atoms with van der Waals surface area (Å²) >= 11 is 0. The van der Waals surface area contributed by atoms with Gasteiger partial charge in [0.2, 0.25) is 0 Å². The fourth-order valence-corrected chi connectivity index (χ4v) is 4.59. The van der Waals surface area contributed by atoms with Gasteiger partial charge in [-0.15, -0.1) is 5.10 Å². The molecular formula is C23H25N5O3. The molecule has 0 N–H and O–H groups in total. The van der Waals surface area contributed by atoms with Gasteiger partial charge in [-0.05, 0) is 43.4 Å². The van der Waals surface area contributed by atoms with Gasteiger partial charge in [-0.3, -0.25) is 9.59 Å². The molecule has 4 heterocycles. The quantitative estimate of drug-likeness (QED) is 0.649. The summed E-state index contributed by atoms with van der Waals surface area (Å²) < 4.78 is 6.97. The lowest BCUT2D eigenvalue weighted by atomic mass is 10.00. The lowest BCUT2D eigenvalue weighted by Crippen LogP contribution is -2.38. The van der Waals surface area contributed by atoms with Gasteiger partial charge < -0.3 is 14.2 Å². The van der Waals surface area contributed by atoms with Gasteiger partial charge in [-0.2, -0.15) is 0 Å². The number of benzene rings is 1. The first-order valence-electron chi connectivity index (χ1n) is 10.7. The number of hydrogen-bond acceptors (Lipinski definition) is 5. The van der Waals surface area contributed by atoms with Gasteiger partial charge in [-0.25, -0.2) is 4.68 Å². The Hall–Kier alpha value is -3.42. The molecule has 160 valence electrons. The lowest BCUT2D eigenvalue weighted by molar-refractivity contribution is 0.0713. The zero-order chi connectivity index (χ0) is 21.4. The number of carbonyl (C=O) groups is 2. The van der Waals surface area contributed by atoms with E-state index in [0.717, 1.165) is 19.3 Å². The Morgan fingerprint density at radius 2 is 1.97 bits per heavy atom. The Morgan fingerprint density at radius 3 is 2.77 bits per heavy atom. The lowest BCUT2D eigenvalue weighted by Gasteiger charge is -2.28. The number of likely N-dealkylation sites (tertiary alicyclic amines) is 1. The van der Waals surface area contributed by atoms with Gasteiger partial charge in [0.1, 0.15) is 5.76 Å². The molecule has 0 aliphatic carbocycles. The minimum Gasteiger partial charge on any atom is -0.469 e. The second-order valence-electron chi connectivity index (χ2n) is 8.26. The summed E-state index contributed by atoms with van der Waals surface area (Å²) in [5.41, 5.74) is 3.44. The molecule has 0 spiro atoms. The minimum absolute atomic E-state index is 0.0165. The summed E-state index contributed by atoms with van der Waals surface area (Å²) in [4.78, 5) is 29.6. The van der Waals surface area contributed by atoms with Crippen molar-refractivity contribution in [2.45, 2.75) is 45.3 Å². The molecule has 0 saturated carbocycles. The minimum atomic E-state index is -0.103. The second kappa shape index (κ2) is 8.02. The van der Waals surface area contributed by atoms with Crippen molar-refractivity contribution in [2.75, 3.05) is 13.1 Å². The Balaban J connectivity index is 1.26. The molecule has 0 radical (unpaired) electrons. The van der Waals surface area contributed by atoms with E-state index in [1.165, 1.54) is 11.1 Å². The number of amides is 2. The van der Waals surface area contributed by atoms with Crippen LogP contribution in [0, 0.1) is 6.92 Å². The third-order valence-corrected chi connectivity index (χ3v) is 6.30. The van der Waals surface area contributed by atoms with Crippen molar-refractivity contribution >= 4 is 11.8 Å². The SMILES string of the molecule is Cc1occc1C(=O)N1CCCC1Cn1cc(C(=O)N2CCc3ccccc3C2)nn1. The first-order chi connectivity index (χ1) is 15.1. The molecule has 1 atom stereocenters. The Bertz CT molecular complexity index is 1120. The molecule has 8 nitrogen and oxygen atoms in total. The molecule has 2 amide bonds. The zero-order valence-electron chi connectivity index (χ0n) is 17.5. The van der Waals surface area contributed by atoms with Crippen molar-refractivity contribution in [3.8, 4) is 0 Å². The van der Waals surface area contributed by atoms with Gasteiger partial charge in [0, 0.05) is 19.6 Å². The van der Waals surface area contributed by atoms with Crippen LogP contribution in [0.25, 0.3) is 0 Å². The standard InChI is InChI=1S/C23H25N5O3/c1-16-20(9-12-31-16)22(29)28-10-4-7-19(28)14-27-15-21(24-25-27)23(30)26-11-8-17-5-2-3-6-18(17)13-26/h2-3,5-6,9,12,15,19H,4,7-8,10-11,13-14H2,1H3.